The first kappa shape index (κ1) is 27.2. The number of ether oxygens (including phenoxy) is 1. The number of fused-ring (bicyclic) bond motifs is 1. The van der Waals surface area contributed by atoms with E-state index in [9.17, 15) is 9.59 Å². The molecule has 1 aliphatic rings. The number of carbonyl (C=O) groups is 2. The van der Waals surface area contributed by atoms with Crippen LogP contribution in [0.1, 0.15) is 52.0 Å². The number of aromatic amines is 1. The number of imidazole rings is 1. The number of benzene rings is 1. The number of nitrogens with zero attached hydrogens (tertiary/aromatic N) is 1. The number of thiophene rings is 1. The SMILES string of the molecule is CCOC(=O)c1c(NC(=O)CCSc2nc(-c3ccco3)c(-c3ccco3)[nH]2)sc2c1CCC(c1ccccc1)C2. The Morgan fingerprint density at radius 3 is 2.61 bits per heavy atom. The number of anilines is 1. The minimum absolute atomic E-state index is 0.162. The van der Waals surface area contributed by atoms with Gasteiger partial charge >= 0.3 is 5.97 Å². The van der Waals surface area contributed by atoms with Gasteiger partial charge in [-0.05, 0) is 67.5 Å². The van der Waals surface area contributed by atoms with E-state index in [2.05, 4.69) is 39.6 Å². The van der Waals surface area contributed by atoms with E-state index in [4.69, 9.17) is 13.6 Å². The predicted molar refractivity (Wildman–Crippen MR) is 159 cm³/mol. The summed E-state index contributed by atoms with van der Waals surface area (Å²) in [6.07, 6.45) is 6.02. The summed E-state index contributed by atoms with van der Waals surface area (Å²) >= 11 is 2.93. The number of carbonyl (C=O) groups excluding carboxylic acids is 2. The average molecular weight is 588 g/mol. The number of esters is 1. The smallest absolute Gasteiger partial charge is 0.341 e. The fourth-order valence-electron chi connectivity index (χ4n) is 5.14. The fraction of sp³-hybridized carbons (Fsp3) is 0.258. The first-order chi connectivity index (χ1) is 20.1. The molecule has 210 valence electrons. The highest BCUT2D eigenvalue weighted by Gasteiger charge is 2.31. The monoisotopic (exact) mass is 587 g/mol. The summed E-state index contributed by atoms with van der Waals surface area (Å²) in [5, 5.41) is 4.25. The topological polar surface area (TPSA) is 110 Å². The van der Waals surface area contributed by atoms with Crippen LogP contribution in [0.5, 0.6) is 0 Å². The third-order valence-corrected chi connectivity index (χ3v) is 9.09. The molecule has 1 amide bonds. The van der Waals surface area contributed by atoms with Crippen LogP contribution in [-0.2, 0) is 22.4 Å². The molecule has 0 fully saturated rings. The van der Waals surface area contributed by atoms with Crippen LogP contribution in [0.15, 0.2) is 81.1 Å². The molecule has 1 atom stereocenters. The van der Waals surface area contributed by atoms with Crippen molar-refractivity contribution in [1.29, 1.82) is 0 Å². The predicted octanol–water partition coefficient (Wildman–Crippen LogP) is 7.56. The van der Waals surface area contributed by atoms with Crippen LogP contribution in [0, 0.1) is 0 Å². The highest BCUT2D eigenvalue weighted by Crippen LogP contribution is 2.43. The van der Waals surface area contributed by atoms with Crippen LogP contribution in [0.3, 0.4) is 0 Å². The second-order valence-electron chi connectivity index (χ2n) is 9.65. The van der Waals surface area contributed by atoms with Gasteiger partial charge in [0.2, 0.25) is 5.91 Å². The Hall–Kier alpha value is -4.02. The van der Waals surface area contributed by atoms with Crippen molar-refractivity contribution in [2.75, 3.05) is 17.7 Å². The maximum Gasteiger partial charge on any atom is 0.341 e. The van der Waals surface area contributed by atoms with E-state index in [0.29, 0.717) is 50.3 Å². The number of furan rings is 2. The van der Waals surface area contributed by atoms with E-state index in [1.54, 1.807) is 19.5 Å². The lowest BCUT2D eigenvalue weighted by Crippen LogP contribution is -2.17. The quantitative estimate of drug-likeness (QED) is 0.128. The number of nitrogens with one attached hydrogen (secondary N) is 2. The molecular formula is C31H29N3O5S2. The Morgan fingerprint density at radius 1 is 1.10 bits per heavy atom. The number of thioether (sulfide) groups is 1. The molecule has 0 saturated carbocycles. The van der Waals surface area contributed by atoms with Gasteiger partial charge in [-0.1, -0.05) is 42.1 Å². The molecule has 2 N–H and O–H groups in total. The van der Waals surface area contributed by atoms with Crippen molar-refractivity contribution in [1.82, 2.24) is 9.97 Å². The number of rotatable bonds is 10. The van der Waals surface area contributed by atoms with Gasteiger partial charge in [-0.3, -0.25) is 4.79 Å². The van der Waals surface area contributed by atoms with Crippen molar-refractivity contribution in [2.24, 2.45) is 0 Å². The summed E-state index contributed by atoms with van der Waals surface area (Å²) in [6, 6.07) is 17.8. The molecule has 0 bridgehead atoms. The first-order valence-corrected chi connectivity index (χ1v) is 15.4. The summed E-state index contributed by atoms with van der Waals surface area (Å²) in [6.45, 7) is 2.07. The van der Waals surface area contributed by atoms with Gasteiger partial charge in [0, 0.05) is 17.1 Å². The van der Waals surface area contributed by atoms with Crippen LogP contribution >= 0.6 is 23.1 Å². The fourth-order valence-corrected chi connectivity index (χ4v) is 7.29. The van der Waals surface area contributed by atoms with Gasteiger partial charge in [-0.2, -0.15) is 0 Å². The minimum atomic E-state index is -0.376. The zero-order valence-electron chi connectivity index (χ0n) is 22.5. The molecule has 0 radical (unpaired) electrons. The Labute approximate surface area is 245 Å². The molecule has 1 aromatic carbocycles. The van der Waals surface area contributed by atoms with Crippen LogP contribution in [0.25, 0.3) is 22.9 Å². The number of amides is 1. The van der Waals surface area contributed by atoms with E-state index < -0.39 is 0 Å². The van der Waals surface area contributed by atoms with E-state index in [-0.39, 0.29) is 24.9 Å². The number of hydrogen-bond acceptors (Lipinski definition) is 8. The molecule has 5 aromatic rings. The zero-order chi connectivity index (χ0) is 28.2. The van der Waals surface area contributed by atoms with Crippen LogP contribution in [0.4, 0.5) is 5.00 Å². The van der Waals surface area contributed by atoms with Crippen molar-refractivity contribution in [3.8, 4) is 22.9 Å². The minimum Gasteiger partial charge on any atom is -0.463 e. The molecule has 6 rings (SSSR count). The van der Waals surface area contributed by atoms with Gasteiger partial charge in [0.25, 0.3) is 0 Å². The van der Waals surface area contributed by atoms with Crippen molar-refractivity contribution >= 4 is 40.0 Å². The maximum atomic E-state index is 13.0. The largest absolute Gasteiger partial charge is 0.463 e. The maximum absolute atomic E-state index is 13.0. The first-order valence-electron chi connectivity index (χ1n) is 13.6. The lowest BCUT2D eigenvalue weighted by atomic mass is 9.83. The average Bonchev–Trinajstić information content (AvgIpc) is 3.79. The van der Waals surface area contributed by atoms with Crippen molar-refractivity contribution < 1.29 is 23.2 Å². The molecule has 1 aliphatic carbocycles. The van der Waals surface area contributed by atoms with Crippen molar-refractivity contribution in [3.63, 3.8) is 0 Å². The summed E-state index contributed by atoms with van der Waals surface area (Å²) in [7, 11) is 0. The summed E-state index contributed by atoms with van der Waals surface area (Å²) in [4.78, 5) is 35.1. The van der Waals surface area contributed by atoms with Crippen molar-refractivity contribution in [3.05, 3.63) is 88.7 Å². The Bertz CT molecular complexity index is 1570. The summed E-state index contributed by atoms with van der Waals surface area (Å²) < 4.78 is 16.5. The molecule has 10 heteroatoms. The highest BCUT2D eigenvalue weighted by molar-refractivity contribution is 7.99. The number of hydrogen-bond donors (Lipinski definition) is 2. The molecule has 41 heavy (non-hydrogen) atoms. The lowest BCUT2D eigenvalue weighted by Gasteiger charge is -2.23. The van der Waals surface area contributed by atoms with Crippen LogP contribution in [-0.4, -0.2) is 34.2 Å². The molecule has 8 nitrogen and oxygen atoms in total. The van der Waals surface area contributed by atoms with Gasteiger partial charge in [0.1, 0.15) is 16.4 Å². The van der Waals surface area contributed by atoms with E-state index in [0.717, 1.165) is 29.7 Å². The van der Waals surface area contributed by atoms with E-state index >= 15 is 0 Å². The summed E-state index contributed by atoms with van der Waals surface area (Å²) in [5.74, 6) is 1.62. The van der Waals surface area contributed by atoms with E-state index in [1.165, 1.54) is 28.7 Å². The molecule has 0 saturated heterocycles. The summed E-state index contributed by atoms with van der Waals surface area (Å²) in [5.41, 5.74) is 4.19. The van der Waals surface area contributed by atoms with Gasteiger partial charge in [0.15, 0.2) is 16.7 Å². The molecule has 1 unspecified atom stereocenters. The van der Waals surface area contributed by atoms with Gasteiger partial charge < -0.3 is 23.9 Å². The highest BCUT2D eigenvalue weighted by atomic mass is 32.2. The Balaban J connectivity index is 1.14. The van der Waals surface area contributed by atoms with Crippen LogP contribution < -0.4 is 5.32 Å². The van der Waals surface area contributed by atoms with Crippen LogP contribution in [0.2, 0.25) is 0 Å². The third kappa shape index (κ3) is 5.89. The molecule has 4 heterocycles. The number of aromatic nitrogens is 2. The third-order valence-electron chi connectivity index (χ3n) is 7.04. The molecule has 4 aromatic heterocycles. The molecule has 0 spiro atoms. The second kappa shape index (κ2) is 12.2. The standard InChI is InChI=1S/C31H29N3O5S2/c1-2-37-30(36)26-21-13-12-20(19-8-4-3-5-9-19)18-24(21)41-29(26)32-25(35)14-17-40-31-33-27(22-10-6-15-38-22)28(34-31)23-11-7-16-39-23/h3-11,15-16,20H,2,12-14,17-18H2,1H3,(H,32,35)(H,33,34). The van der Waals surface area contributed by atoms with Gasteiger partial charge in [-0.25, -0.2) is 9.78 Å². The number of H-pyrrole nitrogens is 1. The van der Waals surface area contributed by atoms with Crippen molar-refractivity contribution in [2.45, 2.75) is 43.7 Å². The molecule has 0 aliphatic heterocycles. The van der Waals surface area contributed by atoms with E-state index in [1.807, 2.05) is 30.3 Å². The van der Waals surface area contributed by atoms with Gasteiger partial charge in [-0.15, -0.1) is 11.3 Å². The van der Waals surface area contributed by atoms with Gasteiger partial charge in [0.05, 0.1) is 24.7 Å². The molecular weight excluding hydrogens is 558 g/mol. The zero-order valence-corrected chi connectivity index (χ0v) is 24.1. The second-order valence-corrected chi connectivity index (χ2v) is 11.8. The normalized spacial score (nSPS) is 14.5. The Morgan fingerprint density at radius 2 is 1.88 bits per heavy atom. The lowest BCUT2D eigenvalue weighted by molar-refractivity contribution is -0.115. The Kier molecular flexibility index (Phi) is 8.11.